The molecule has 6 heteroatoms. The quantitative estimate of drug-likeness (QED) is 0.819. The topological polar surface area (TPSA) is 78.0 Å². The molecule has 0 aliphatic carbocycles. The summed E-state index contributed by atoms with van der Waals surface area (Å²) < 4.78 is 7.56. The average Bonchev–Trinajstić information content (AvgIpc) is 2.73. The number of nitrogen functional groups attached to an aromatic ring is 1. The SMILES string of the molecule is CC(C)Oc1cc(N)cc(NC(C)c2nncn2C)c1. The summed E-state index contributed by atoms with van der Waals surface area (Å²) in [4.78, 5) is 0. The lowest BCUT2D eigenvalue weighted by atomic mass is 10.2. The van der Waals surface area contributed by atoms with Gasteiger partial charge in [0.1, 0.15) is 12.1 Å². The molecule has 1 heterocycles. The van der Waals surface area contributed by atoms with Gasteiger partial charge in [0.2, 0.25) is 0 Å². The lowest BCUT2D eigenvalue weighted by Crippen LogP contribution is -2.12. The van der Waals surface area contributed by atoms with Crippen LogP contribution in [0.2, 0.25) is 0 Å². The van der Waals surface area contributed by atoms with Gasteiger partial charge in [-0.25, -0.2) is 0 Å². The van der Waals surface area contributed by atoms with Crippen molar-refractivity contribution in [2.45, 2.75) is 32.9 Å². The van der Waals surface area contributed by atoms with Crippen molar-refractivity contribution in [3.63, 3.8) is 0 Å². The Morgan fingerprint density at radius 2 is 2.00 bits per heavy atom. The highest BCUT2D eigenvalue weighted by Gasteiger charge is 2.12. The summed E-state index contributed by atoms with van der Waals surface area (Å²) in [6.07, 6.45) is 1.79. The van der Waals surface area contributed by atoms with Crippen LogP contribution in [0, 0.1) is 0 Å². The number of benzene rings is 1. The largest absolute Gasteiger partial charge is 0.491 e. The van der Waals surface area contributed by atoms with E-state index in [1.54, 1.807) is 6.33 Å². The molecule has 0 fully saturated rings. The van der Waals surface area contributed by atoms with Gasteiger partial charge >= 0.3 is 0 Å². The molecule has 0 aliphatic heterocycles. The minimum absolute atomic E-state index is 0.0243. The summed E-state index contributed by atoms with van der Waals surface area (Å²) in [6, 6.07) is 5.65. The van der Waals surface area contributed by atoms with Crippen molar-refractivity contribution in [2.24, 2.45) is 7.05 Å². The lowest BCUT2D eigenvalue weighted by molar-refractivity contribution is 0.242. The van der Waals surface area contributed by atoms with Gasteiger partial charge in [0.25, 0.3) is 0 Å². The van der Waals surface area contributed by atoms with E-state index in [1.165, 1.54) is 0 Å². The third-order valence-electron chi connectivity index (χ3n) is 2.82. The maximum atomic E-state index is 5.91. The van der Waals surface area contributed by atoms with Crippen molar-refractivity contribution in [3.8, 4) is 5.75 Å². The number of ether oxygens (including phenoxy) is 1. The molecule has 0 saturated heterocycles. The molecule has 0 spiro atoms. The van der Waals surface area contributed by atoms with Crippen LogP contribution in [0.15, 0.2) is 24.5 Å². The van der Waals surface area contributed by atoms with E-state index >= 15 is 0 Å². The first kappa shape index (κ1) is 14.2. The third kappa shape index (κ3) is 3.40. The number of hydrogen-bond donors (Lipinski definition) is 2. The molecule has 0 amide bonds. The van der Waals surface area contributed by atoms with E-state index in [0.29, 0.717) is 5.69 Å². The number of nitrogens with zero attached hydrogens (tertiary/aromatic N) is 3. The first-order valence-electron chi connectivity index (χ1n) is 6.63. The summed E-state index contributed by atoms with van der Waals surface area (Å²) >= 11 is 0. The predicted molar refractivity (Wildman–Crippen MR) is 79.7 cm³/mol. The van der Waals surface area contributed by atoms with E-state index in [4.69, 9.17) is 10.5 Å². The molecule has 0 bridgehead atoms. The number of aromatic nitrogens is 3. The minimum Gasteiger partial charge on any atom is -0.491 e. The average molecular weight is 275 g/mol. The van der Waals surface area contributed by atoms with Crippen LogP contribution in [0.5, 0.6) is 5.75 Å². The van der Waals surface area contributed by atoms with Crippen molar-refractivity contribution >= 4 is 11.4 Å². The molecule has 3 N–H and O–H groups in total. The maximum Gasteiger partial charge on any atom is 0.154 e. The summed E-state index contributed by atoms with van der Waals surface area (Å²) in [7, 11) is 1.92. The Labute approximate surface area is 119 Å². The normalized spacial score (nSPS) is 12.4. The molecule has 6 nitrogen and oxygen atoms in total. The van der Waals surface area contributed by atoms with Crippen molar-refractivity contribution in [3.05, 3.63) is 30.4 Å². The Morgan fingerprint density at radius 3 is 2.60 bits per heavy atom. The second-order valence-electron chi connectivity index (χ2n) is 5.12. The number of rotatable bonds is 5. The zero-order chi connectivity index (χ0) is 14.7. The molecule has 1 unspecified atom stereocenters. The molecule has 2 aromatic rings. The number of aryl methyl sites for hydroxylation is 1. The molecule has 1 aromatic heterocycles. The summed E-state index contributed by atoms with van der Waals surface area (Å²) in [5.41, 5.74) is 7.47. The van der Waals surface area contributed by atoms with Gasteiger partial charge in [-0.3, -0.25) is 0 Å². The standard InChI is InChI=1S/C14H21N5O/c1-9(2)20-13-6-11(15)5-12(7-13)17-10(3)14-18-16-8-19(14)4/h5-10,17H,15H2,1-4H3. The fourth-order valence-corrected chi connectivity index (χ4v) is 2.04. The minimum atomic E-state index is 0.0243. The monoisotopic (exact) mass is 275 g/mol. The Bertz CT molecular complexity index is 579. The molecule has 108 valence electrons. The van der Waals surface area contributed by atoms with Gasteiger partial charge < -0.3 is 20.4 Å². The smallest absolute Gasteiger partial charge is 0.154 e. The van der Waals surface area contributed by atoms with E-state index in [-0.39, 0.29) is 12.1 Å². The maximum absolute atomic E-state index is 5.91. The van der Waals surface area contributed by atoms with E-state index in [0.717, 1.165) is 17.3 Å². The number of anilines is 2. The van der Waals surface area contributed by atoms with Crippen molar-refractivity contribution < 1.29 is 4.74 Å². The highest BCUT2D eigenvalue weighted by molar-refractivity contribution is 5.59. The fraction of sp³-hybridized carbons (Fsp3) is 0.429. The number of nitrogens with one attached hydrogen (secondary N) is 1. The van der Waals surface area contributed by atoms with Gasteiger partial charge in [0.05, 0.1) is 12.1 Å². The number of nitrogens with two attached hydrogens (primary N) is 1. The zero-order valence-electron chi connectivity index (χ0n) is 12.3. The Hall–Kier alpha value is -2.24. The van der Waals surface area contributed by atoms with Crippen molar-refractivity contribution in [2.75, 3.05) is 11.1 Å². The van der Waals surface area contributed by atoms with E-state index < -0.39 is 0 Å². The van der Waals surface area contributed by atoms with Crippen LogP contribution in [-0.4, -0.2) is 20.9 Å². The molecule has 0 aliphatic rings. The molecule has 20 heavy (non-hydrogen) atoms. The zero-order valence-corrected chi connectivity index (χ0v) is 12.3. The van der Waals surface area contributed by atoms with E-state index in [2.05, 4.69) is 15.5 Å². The summed E-state index contributed by atoms with van der Waals surface area (Å²) in [6.45, 7) is 5.99. The number of hydrogen-bond acceptors (Lipinski definition) is 5. The van der Waals surface area contributed by atoms with Gasteiger partial charge in [-0.15, -0.1) is 10.2 Å². The van der Waals surface area contributed by atoms with Gasteiger partial charge in [-0.1, -0.05) is 0 Å². The van der Waals surface area contributed by atoms with Crippen LogP contribution < -0.4 is 15.8 Å². The van der Waals surface area contributed by atoms with Crippen molar-refractivity contribution in [1.29, 1.82) is 0 Å². The van der Waals surface area contributed by atoms with Crippen LogP contribution >= 0.6 is 0 Å². The third-order valence-corrected chi connectivity index (χ3v) is 2.82. The highest BCUT2D eigenvalue weighted by atomic mass is 16.5. The van der Waals surface area contributed by atoms with Gasteiger partial charge in [0.15, 0.2) is 5.82 Å². The van der Waals surface area contributed by atoms with Crippen molar-refractivity contribution in [1.82, 2.24) is 14.8 Å². The fourth-order valence-electron chi connectivity index (χ4n) is 2.04. The van der Waals surface area contributed by atoms with E-state index in [1.807, 2.05) is 50.6 Å². The van der Waals surface area contributed by atoms with Crippen LogP contribution in [0.25, 0.3) is 0 Å². The van der Waals surface area contributed by atoms with Crippen LogP contribution in [0.1, 0.15) is 32.6 Å². The molecule has 1 atom stereocenters. The Kier molecular flexibility index (Phi) is 4.12. The first-order chi connectivity index (χ1) is 9.45. The first-order valence-corrected chi connectivity index (χ1v) is 6.63. The summed E-state index contributed by atoms with van der Waals surface area (Å²) in [5, 5.41) is 11.3. The van der Waals surface area contributed by atoms with E-state index in [9.17, 15) is 0 Å². The molecular formula is C14H21N5O. The van der Waals surface area contributed by atoms with Gasteiger partial charge in [0, 0.05) is 30.6 Å². The summed E-state index contributed by atoms with van der Waals surface area (Å²) in [5.74, 6) is 1.62. The second kappa shape index (κ2) is 5.81. The van der Waals surface area contributed by atoms with Crippen LogP contribution in [0.4, 0.5) is 11.4 Å². The Morgan fingerprint density at radius 1 is 1.25 bits per heavy atom. The molecule has 0 saturated carbocycles. The molecule has 0 radical (unpaired) electrons. The Balaban J connectivity index is 2.16. The van der Waals surface area contributed by atoms with Gasteiger partial charge in [-0.2, -0.15) is 0 Å². The molecular weight excluding hydrogens is 254 g/mol. The van der Waals surface area contributed by atoms with Crippen LogP contribution in [-0.2, 0) is 7.05 Å². The molecule has 2 rings (SSSR count). The predicted octanol–water partition coefficient (Wildman–Crippen LogP) is 2.36. The molecule has 1 aromatic carbocycles. The highest BCUT2D eigenvalue weighted by Crippen LogP contribution is 2.26. The van der Waals surface area contributed by atoms with Crippen LogP contribution in [0.3, 0.4) is 0 Å². The second-order valence-corrected chi connectivity index (χ2v) is 5.12. The van der Waals surface area contributed by atoms with Gasteiger partial charge in [-0.05, 0) is 26.8 Å². The lowest BCUT2D eigenvalue weighted by Gasteiger charge is -2.17.